The van der Waals surface area contributed by atoms with E-state index in [0.717, 1.165) is 16.8 Å². The molecule has 5 heteroatoms. The van der Waals surface area contributed by atoms with E-state index in [-0.39, 0.29) is 11.9 Å². The second kappa shape index (κ2) is 8.58. The number of thioether (sulfide) groups is 1. The normalized spacial score (nSPS) is 14.4. The Morgan fingerprint density at radius 1 is 1.33 bits per heavy atom. The van der Waals surface area contributed by atoms with Crippen LogP contribution in [0.15, 0.2) is 41.4 Å². The van der Waals surface area contributed by atoms with Crippen LogP contribution in [0.4, 0.5) is 0 Å². The molecule has 1 fully saturated rings. The molecule has 2 aromatic rings. The number of nitriles is 1. The van der Waals surface area contributed by atoms with Gasteiger partial charge in [-0.2, -0.15) is 5.26 Å². The van der Waals surface area contributed by atoms with Crippen molar-refractivity contribution < 1.29 is 4.79 Å². The van der Waals surface area contributed by atoms with E-state index in [0.29, 0.717) is 28.8 Å². The van der Waals surface area contributed by atoms with Gasteiger partial charge in [0.2, 0.25) is 5.91 Å². The van der Waals surface area contributed by atoms with Gasteiger partial charge < -0.3 is 4.90 Å². The number of benzene rings is 1. The van der Waals surface area contributed by atoms with Crippen LogP contribution in [0, 0.1) is 31.1 Å². The molecule has 4 nitrogen and oxygen atoms in total. The van der Waals surface area contributed by atoms with Crippen LogP contribution < -0.4 is 0 Å². The summed E-state index contributed by atoms with van der Waals surface area (Å²) in [7, 11) is 0. The molecule has 1 aliphatic rings. The molecule has 27 heavy (non-hydrogen) atoms. The van der Waals surface area contributed by atoms with Crippen molar-refractivity contribution in [1.29, 1.82) is 5.26 Å². The molecule has 1 heterocycles. The minimum absolute atomic E-state index is 0.105. The number of pyridine rings is 1. The summed E-state index contributed by atoms with van der Waals surface area (Å²) in [6.45, 7) is 6.61. The average Bonchev–Trinajstić information content (AvgIpc) is 3.49. The van der Waals surface area contributed by atoms with Crippen molar-refractivity contribution in [3.8, 4) is 6.07 Å². The molecule has 1 aromatic carbocycles. The standard InChI is InChI=1S/C22H25N3OS/c1-15-11-16(2)24-22(20(15)12-23)27-14-21(26)25(17(3)19-9-10-19)13-18-7-5-4-6-8-18/h4-8,11,17,19H,9-10,13-14H2,1-3H3. The number of carbonyl (C=O) groups is 1. The van der Waals surface area contributed by atoms with E-state index in [1.807, 2.05) is 43.0 Å². The average molecular weight is 380 g/mol. The zero-order chi connectivity index (χ0) is 19.4. The van der Waals surface area contributed by atoms with Crippen LogP contribution in [0.25, 0.3) is 0 Å². The van der Waals surface area contributed by atoms with Gasteiger partial charge in [0.1, 0.15) is 11.1 Å². The summed E-state index contributed by atoms with van der Waals surface area (Å²) >= 11 is 1.37. The molecule has 1 aliphatic carbocycles. The van der Waals surface area contributed by atoms with Crippen LogP contribution in [0.1, 0.15) is 42.1 Å². The van der Waals surface area contributed by atoms with E-state index in [4.69, 9.17) is 0 Å². The number of aromatic nitrogens is 1. The zero-order valence-electron chi connectivity index (χ0n) is 16.1. The van der Waals surface area contributed by atoms with Crippen LogP contribution in [-0.2, 0) is 11.3 Å². The van der Waals surface area contributed by atoms with E-state index in [2.05, 4.69) is 30.1 Å². The molecule has 0 radical (unpaired) electrons. The highest BCUT2D eigenvalue weighted by atomic mass is 32.2. The highest BCUT2D eigenvalue weighted by molar-refractivity contribution is 8.00. The van der Waals surface area contributed by atoms with Gasteiger partial charge in [-0.3, -0.25) is 4.79 Å². The third kappa shape index (κ3) is 4.90. The third-order valence-electron chi connectivity index (χ3n) is 5.07. The smallest absolute Gasteiger partial charge is 0.233 e. The molecule has 0 spiro atoms. The molecular formula is C22H25N3OS. The van der Waals surface area contributed by atoms with Crippen LogP contribution in [-0.4, -0.2) is 27.6 Å². The number of hydrogen-bond donors (Lipinski definition) is 0. The van der Waals surface area contributed by atoms with E-state index in [9.17, 15) is 10.1 Å². The number of hydrogen-bond acceptors (Lipinski definition) is 4. The van der Waals surface area contributed by atoms with E-state index in [1.54, 1.807) is 0 Å². The lowest BCUT2D eigenvalue weighted by atomic mass is 10.1. The lowest BCUT2D eigenvalue weighted by molar-refractivity contribution is -0.131. The van der Waals surface area contributed by atoms with Gasteiger partial charge in [0.15, 0.2) is 0 Å². The van der Waals surface area contributed by atoms with Crippen LogP contribution in [0.2, 0.25) is 0 Å². The number of nitrogens with zero attached hydrogens (tertiary/aromatic N) is 3. The highest BCUT2D eigenvalue weighted by Gasteiger charge is 2.34. The highest BCUT2D eigenvalue weighted by Crippen LogP contribution is 2.36. The SMILES string of the molecule is Cc1cc(C)c(C#N)c(SCC(=O)N(Cc2ccccc2)C(C)C2CC2)n1. The maximum atomic E-state index is 13.1. The quantitative estimate of drug-likeness (QED) is 0.665. The minimum atomic E-state index is 0.105. The Balaban J connectivity index is 1.74. The minimum Gasteiger partial charge on any atom is -0.335 e. The Kier molecular flexibility index (Phi) is 6.18. The monoisotopic (exact) mass is 379 g/mol. The van der Waals surface area contributed by atoms with Gasteiger partial charge in [-0.25, -0.2) is 4.98 Å². The topological polar surface area (TPSA) is 57.0 Å². The van der Waals surface area contributed by atoms with Crippen molar-refractivity contribution in [1.82, 2.24) is 9.88 Å². The lowest BCUT2D eigenvalue weighted by Gasteiger charge is -2.29. The molecule has 0 bridgehead atoms. The van der Waals surface area contributed by atoms with Crippen molar-refractivity contribution in [2.24, 2.45) is 5.92 Å². The summed E-state index contributed by atoms with van der Waals surface area (Å²) in [4.78, 5) is 19.5. The Hall–Kier alpha value is -2.32. The Morgan fingerprint density at radius 3 is 2.67 bits per heavy atom. The van der Waals surface area contributed by atoms with Gasteiger partial charge in [0, 0.05) is 18.3 Å². The molecular weight excluding hydrogens is 354 g/mol. The van der Waals surface area contributed by atoms with E-state index < -0.39 is 0 Å². The van der Waals surface area contributed by atoms with E-state index in [1.165, 1.54) is 24.6 Å². The first kappa shape index (κ1) is 19.4. The Labute approximate surface area is 165 Å². The molecule has 0 aliphatic heterocycles. The van der Waals surface area contributed by atoms with Gasteiger partial charge in [-0.1, -0.05) is 42.1 Å². The number of carbonyl (C=O) groups excluding carboxylic acids is 1. The van der Waals surface area contributed by atoms with Gasteiger partial charge in [-0.15, -0.1) is 0 Å². The van der Waals surface area contributed by atoms with E-state index >= 15 is 0 Å². The van der Waals surface area contributed by atoms with Gasteiger partial charge in [-0.05, 0) is 56.7 Å². The summed E-state index contributed by atoms with van der Waals surface area (Å²) in [6, 6.07) is 14.5. The third-order valence-corrected chi connectivity index (χ3v) is 6.03. The number of aryl methyl sites for hydroxylation is 2. The summed E-state index contributed by atoms with van der Waals surface area (Å²) in [6.07, 6.45) is 2.40. The summed E-state index contributed by atoms with van der Waals surface area (Å²) in [5.74, 6) is 1.01. The molecule has 0 N–H and O–H groups in total. The van der Waals surface area contributed by atoms with Gasteiger partial charge in [0.05, 0.1) is 11.3 Å². The predicted octanol–water partition coefficient (Wildman–Crippen LogP) is 4.49. The summed E-state index contributed by atoms with van der Waals surface area (Å²) in [5, 5.41) is 10.1. The largest absolute Gasteiger partial charge is 0.335 e. The lowest BCUT2D eigenvalue weighted by Crippen LogP contribution is -2.40. The first-order valence-corrected chi connectivity index (χ1v) is 10.3. The summed E-state index contributed by atoms with van der Waals surface area (Å²) < 4.78 is 0. The summed E-state index contributed by atoms with van der Waals surface area (Å²) in [5.41, 5.74) is 3.50. The molecule has 1 saturated carbocycles. The van der Waals surface area contributed by atoms with Crippen molar-refractivity contribution in [2.75, 3.05) is 5.75 Å². The maximum absolute atomic E-state index is 13.1. The molecule has 1 aromatic heterocycles. The van der Waals surface area contributed by atoms with Crippen molar-refractivity contribution in [2.45, 2.75) is 51.2 Å². The van der Waals surface area contributed by atoms with Crippen LogP contribution in [0.3, 0.4) is 0 Å². The number of rotatable bonds is 7. The fourth-order valence-electron chi connectivity index (χ4n) is 3.33. The van der Waals surface area contributed by atoms with Crippen LogP contribution in [0.5, 0.6) is 0 Å². The molecule has 0 saturated heterocycles. The van der Waals surface area contributed by atoms with Gasteiger partial charge >= 0.3 is 0 Å². The van der Waals surface area contributed by atoms with Crippen molar-refractivity contribution >= 4 is 17.7 Å². The van der Waals surface area contributed by atoms with Crippen molar-refractivity contribution in [3.63, 3.8) is 0 Å². The Bertz CT molecular complexity index is 856. The maximum Gasteiger partial charge on any atom is 0.233 e. The fraction of sp³-hybridized carbons (Fsp3) is 0.409. The number of amides is 1. The zero-order valence-corrected chi connectivity index (χ0v) is 16.9. The molecule has 3 rings (SSSR count). The molecule has 1 atom stereocenters. The molecule has 1 unspecified atom stereocenters. The first-order chi connectivity index (χ1) is 13.0. The Morgan fingerprint density at radius 2 is 2.04 bits per heavy atom. The molecule has 140 valence electrons. The first-order valence-electron chi connectivity index (χ1n) is 9.34. The second-order valence-electron chi connectivity index (χ2n) is 7.25. The molecule has 1 amide bonds. The fourth-order valence-corrected chi connectivity index (χ4v) is 4.31. The van der Waals surface area contributed by atoms with Crippen LogP contribution >= 0.6 is 11.8 Å². The van der Waals surface area contributed by atoms with Crippen molar-refractivity contribution in [3.05, 3.63) is 58.8 Å². The van der Waals surface area contributed by atoms with Gasteiger partial charge in [0.25, 0.3) is 0 Å². The second-order valence-corrected chi connectivity index (χ2v) is 8.21. The predicted molar refractivity (Wildman–Crippen MR) is 108 cm³/mol.